The third-order valence-corrected chi connectivity index (χ3v) is 3.77. The summed E-state index contributed by atoms with van der Waals surface area (Å²) in [4.78, 5) is 2.50. The number of benzene rings is 1. The lowest BCUT2D eigenvalue weighted by atomic mass is 10.1. The molecule has 0 saturated carbocycles. The zero-order valence-corrected chi connectivity index (χ0v) is 13.9. The van der Waals surface area contributed by atoms with Crippen LogP contribution in [0.4, 0.5) is 5.69 Å². The van der Waals surface area contributed by atoms with Gasteiger partial charge >= 0.3 is 0 Å². The Kier molecular flexibility index (Phi) is 7.98. The number of nitrogens with zero attached hydrogens (tertiary/aromatic N) is 1. The zero-order valence-electron chi connectivity index (χ0n) is 13.9. The van der Waals surface area contributed by atoms with Gasteiger partial charge in [0.15, 0.2) is 11.5 Å². The SMILES string of the molecule is CCCCN(CC)CCCc1cc(N)cc(OC)c1OC. The number of aryl methyl sites for hydroxylation is 1. The second kappa shape index (κ2) is 9.50. The Balaban J connectivity index is 2.64. The van der Waals surface area contributed by atoms with Crippen LogP contribution >= 0.6 is 0 Å². The van der Waals surface area contributed by atoms with Gasteiger partial charge in [0, 0.05) is 17.3 Å². The summed E-state index contributed by atoms with van der Waals surface area (Å²) in [6.07, 6.45) is 4.56. The molecule has 120 valence electrons. The van der Waals surface area contributed by atoms with E-state index in [1.54, 1.807) is 14.2 Å². The Hall–Kier alpha value is -1.42. The average molecular weight is 294 g/mol. The largest absolute Gasteiger partial charge is 0.493 e. The van der Waals surface area contributed by atoms with Gasteiger partial charge in [0.25, 0.3) is 0 Å². The van der Waals surface area contributed by atoms with Crippen LogP contribution in [0.3, 0.4) is 0 Å². The van der Waals surface area contributed by atoms with Crippen molar-refractivity contribution in [2.24, 2.45) is 0 Å². The van der Waals surface area contributed by atoms with Crippen LogP contribution in [-0.2, 0) is 6.42 Å². The maximum absolute atomic E-state index is 5.94. The Morgan fingerprint density at radius 3 is 2.33 bits per heavy atom. The average Bonchev–Trinajstić information content (AvgIpc) is 2.49. The first-order valence-electron chi connectivity index (χ1n) is 7.88. The minimum Gasteiger partial charge on any atom is -0.493 e. The molecule has 1 aromatic rings. The number of nitrogens with two attached hydrogens (primary N) is 1. The summed E-state index contributed by atoms with van der Waals surface area (Å²) in [5, 5.41) is 0. The number of anilines is 1. The Bertz CT molecular complexity index is 421. The van der Waals surface area contributed by atoms with Gasteiger partial charge in [-0.2, -0.15) is 0 Å². The molecule has 4 nitrogen and oxygen atoms in total. The van der Waals surface area contributed by atoms with Crippen LogP contribution in [0.1, 0.15) is 38.7 Å². The molecule has 0 aliphatic rings. The summed E-state index contributed by atoms with van der Waals surface area (Å²) in [6.45, 7) is 7.86. The molecule has 0 heterocycles. The van der Waals surface area contributed by atoms with E-state index in [1.807, 2.05) is 12.1 Å². The molecule has 0 unspecified atom stereocenters. The fraction of sp³-hybridized carbons (Fsp3) is 0.647. The molecule has 1 aromatic carbocycles. The third kappa shape index (κ3) is 5.46. The van der Waals surface area contributed by atoms with E-state index in [-0.39, 0.29) is 0 Å². The zero-order chi connectivity index (χ0) is 15.7. The molecule has 0 aliphatic heterocycles. The van der Waals surface area contributed by atoms with Crippen LogP contribution in [0.2, 0.25) is 0 Å². The van der Waals surface area contributed by atoms with Gasteiger partial charge in [-0.1, -0.05) is 20.3 Å². The first kappa shape index (κ1) is 17.6. The van der Waals surface area contributed by atoms with Crippen LogP contribution < -0.4 is 15.2 Å². The van der Waals surface area contributed by atoms with Crippen molar-refractivity contribution >= 4 is 5.69 Å². The van der Waals surface area contributed by atoms with Gasteiger partial charge in [0.05, 0.1) is 14.2 Å². The van der Waals surface area contributed by atoms with Crippen molar-refractivity contribution in [1.29, 1.82) is 0 Å². The van der Waals surface area contributed by atoms with E-state index >= 15 is 0 Å². The third-order valence-electron chi connectivity index (χ3n) is 3.77. The van der Waals surface area contributed by atoms with E-state index < -0.39 is 0 Å². The molecule has 4 heteroatoms. The van der Waals surface area contributed by atoms with Gasteiger partial charge in [-0.25, -0.2) is 0 Å². The molecule has 0 saturated heterocycles. The summed E-state index contributed by atoms with van der Waals surface area (Å²) in [6, 6.07) is 3.80. The normalized spacial score (nSPS) is 10.9. The molecule has 1 rings (SSSR count). The van der Waals surface area contributed by atoms with Crippen molar-refractivity contribution in [3.63, 3.8) is 0 Å². The summed E-state index contributed by atoms with van der Waals surface area (Å²) >= 11 is 0. The molecular formula is C17H30N2O2. The molecule has 2 N–H and O–H groups in total. The number of nitrogen functional groups attached to an aromatic ring is 1. The predicted molar refractivity (Wildman–Crippen MR) is 89.3 cm³/mol. The standard InChI is InChI=1S/C17H30N2O2/c1-5-7-10-19(6-2)11-8-9-14-12-15(18)13-16(20-3)17(14)21-4/h12-13H,5-11,18H2,1-4H3. The number of hydrogen-bond donors (Lipinski definition) is 1. The Morgan fingerprint density at radius 1 is 1.05 bits per heavy atom. The van der Waals surface area contributed by atoms with Crippen molar-refractivity contribution in [3.05, 3.63) is 17.7 Å². The number of hydrogen-bond acceptors (Lipinski definition) is 4. The summed E-state index contributed by atoms with van der Waals surface area (Å²) < 4.78 is 10.8. The second-order valence-electron chi connectivity index (χ2n) is 5.31. The number of rotatable bonds is 10. The molecule has 0 radical (unpaired) electrons. The molecular weight excluding hydrogens is 264 g/mol. The van der Waals surface area contributed by atoms with E-state index in [9.17, 15) is 0 Å². The van der Waals surface area contributed by atoms with E-state index in [0.29, 0.717) is 5.75 Å². The van der Waals surface area contributed by atoms with Crippen molar-refractivity contribution in [3.8, 4) is 11.5 Å². The van der Waals surface area contributed by atoms with Gasteiger partial charge < -0.3 is 20.1 Å². The lowest BCUT2D eigenvalue weighted by Gasteiger charge is -2.20. The molecule has 21 heavy (non-hydrogen) atoms. The highest BCUT2D eigenvalue weighted by molar-refractivity contribution is 5.57. The molecule has 0 spiro atoms. The van der Waals surface area contributed by atoms with E-state index in [2.05, 4.69) is 18.7 Å². The molecule has 0 amide bonds. The smallest absolute Gasteiger partial charge is 0.164 e. The fourth-order valence-corrected chi connectivity index (χ4v) is 2.56. The fourth-order valence-electron chi connectivity index (χ4n) is 2.56. The number of methoxy groups -OCH3 is 2. The van der Waals surface area contributed by atoms with E-state index in [1.165, 1.54) is 19.4 Å². The van der Waals surface area contributed by atoms with Crippen LogP contribution in [0.5, 0.6) is 11.5 Å². The van der Waals surface area contributed by atoms with Crippen molar-refractivity contribution in [2.45, 2.75) is 39.5 Å². The topological polar surface area (TPSA) is 47.7 Å². The lowest BCUT2D eigenvalue weighted by molar-refractivity contribution is 0.279. The second-order valence-corrected chi connectivity index (χ2v) is 5.31. The molecule has 0 aromatic heterocycles. The van der Waals surface area contributed by atoms with Crippen molar-refractivity contribution < 1.29 is 9.47 Å². The highest BCUT2D eigenvalue weighted by Gasteiger charge is 2.12. The van der Waals surface area contributed by atoms with Crippen LogP contribution in [-0.4, -0.2) is 38.8 Å². The highest BCUT2D eigenvalue weighted by atomic mass is 16.5. The predicted octanol–water partition coefficient (Wildman–Crippen LogP) is 3.34. The number of ether oxygens (including phenoxy) is 2. The summed E-state index contributed by atoms with van der Waals surface area (Å²) in [7, 11) is 3.32. The maximum atomic E-state index is 5.94. The minimum absolute atomic E-state index is 0.714. The van der Waals surface area contributed by atoms with Gasteiger partial charge in [0.2, 0.25) is 0 Å². The van der Waals surface area contributed by atoms with Crippen molar-refractivity contribution in [1.82, 2.24) is 4.90 Å². The molecule has 0 aliphatic carbocycles. The van der Waals surface area contributed by atoms with E-state index in [4.69, 9.17) is 15.2 Å². The first-order chi connectivity index (χ1) is 10.2. The quantitative estimate of drug-likeness (QED) is 0.672. The first-order valence-corrected chi connectivity index (χ1v) is 7.88. The molecule has 0 fully saturated rings. The van der Waals surface area contributed by atoms with Crippen LogP contribution in [0.15, 0.2) is 12.1 Å². The molecule has 0 bridgehead atoms. The van der Waals surface area contributed by atoms with E-state index in [0.717, 1.165) is 42.9 Å². The van der Waals surface area contributed by atoms with Gasteiger partial charge in [-0.3, -0.25) is 0 Å². The van der Waals surface area contributed by atoms with Crippen LogP contribution in [0, 0.1) is 0 Å². The lowest BCUT2D eigenvalue weighted by Crippen LogP contribution is -2.26. The van der Waals surface area contributed by atoms with Crippen molar-refractivity contribution in [2.75, 3.05) is 39.6 Å². The number of unbranched alkanes of at least 4 members (excludes halogenated alkanes) is 1. The molecule has 0 atom stereocenters. The Morgan fingerprint density at radius 2 is 1.76 bits per heavy atom. The van der Waals surface area contributed by atoms with Gasteiger partial charge in [-0.15, -0.1) is 0 Å². The highest BCUT2D eigenvalue weighted by Crippen LogP contribution is 2.34. The minimum atomic E-state index is 0.714. The monoisotopic (exact) mass is 294 g/mol. The maximum Gasteiger partial charge on any atom is 0.164 e. The van der Waals surface area contributed by atoms with Gasteiger partial charge in [-0.05, 0) is 45.0 Å². The summed E-state index contributed by atoms with van der Waals surface area (Å²) in [5.41, 5.74) is 7.78. The van der Waals surface area contributed by atoms with Gasteiger partial charge in [0.1, 0.15) is 0 Å². The summed E-state index contributed by atoms with van der Waals surface area (Å²) in [5.74, 6) is 1.52. The van der Waals surface area contributed by atoms with Crippen LogP contribution in [0.25, 0.3) is 0 Å². The Labute approximate surface area is 129 Å².